The van der Waals surface area contributed by atoms with Crippen molar-refractivity contribution in [2.45, 2.75) is 26.0 Å². The number of nitrogens with one attached hydrogen (secondary N) is 1. The minimum Gasteiger partial charge on any atom is -0.489 e. The molecule has 0 saturated carbocycles. The van der Waals surface area contributed by atoms with Gasteiger partial charge in [0.25, 0.3) is 5.91 Å². The van der Waals surface area contributed by atoms with Crippen LogP contribution >= 0.6 is 0 Å². The van der Waals surface area contributed by atoms with E-state index in [1.54, 1.807) is 0 Å². The van der Waals surface area contributed by atoms with Gasteiger partial charge in [-0.3, -0.25) is 14.4 Å². The molecule has 0 fully saturated rings. The highest BCUT2D eigenvalue weighted by Crippen LogP contribution is 2.17. The number of carbonyl (C=O) groups is 3. The number of benzene rings is 3. The topological polar surface area (TPSA) is 108 Å². The van der Waals surface area contributed by atoms with E-state index in [0.29, 0.717) is 23.7 Å². The third-order valence-corrected chi connectivity index (χ3v) is 4.61. The Morgan fingerprint density at radius 3 is 2.22 bits per heavy atom. The summed E-state index contributed by atoms with van der Waals surface area (Å²) in [5.74, 6) is -0.578. The van der Waals surface area contributed by atoms with Crippen LogP contribution in [0.15, 0.2) is 78.9 Å². The summed E-state index contributed by atoms with van der Waals surface area (Å²) in [6.07, 6.45) is 0.217. The van der Waals surface area contributed by atoms with Crippen LogP contribution in [0.25, 0.3) is 0 Å². The second-order valence-electron chi connectivity index (χ2n) is 7.17. The smallest absolute Gasteiger partial charge is 0.308 e. The van der Waals surface area contributed by atoms with Crippen molar-refractivity contribution in [3.05, 3.63) is 95.6 Å². The van der Waals surface area contributed by atoms with Gasteiger partial charge >= 0.3 is 5.97 Å². The Hall–Kier alpha value is -4.13. The molecule has 3 aromatic rings. The molecule has 3 rings (SSSR count). The molecule has 0 aliphatic carbocycles. The van der Waals surface area contributed by atoms with Crippen molar-refractivity contribution in [1.82, 2.24) is 5.32 Å². The lowest BCUT2D eigenvalue weighted by Crippen LogP contribution is -2.45. The molecule has 0 saturated heterocycles. The van der Waals surface area contributed by atoms with Crippen LogP contribution in [-0.2, 0) is 22.6 Å². The summed E-state index contributed by atoms with van der Waals surface area (Å²) in [5, 5.41) is 2.66. The van der Waals surface area contributed by atoms with Crippen LogP contribution in [0.5, 0.6) is 11.5 Å². The number of primary amides is 1. The first-order valence-electron chi connectivity index (χ1n) is 10.0. The summed E-state index contributed by atoms with van der Waals surface area (Å²) in [4.78, 5) is 35.5. The Morgan fingerprint density at radius 1 is 0.875 bits per heavy atom. The minimum absolute atomic E-state index is 0.217. The van der Waals surface area contributed by atoms with E-state index in [0.717, 1.165) is 11.1 Å². The molecule has 0 heterocycles. The average molecular weight is 432 g/mol. The van der Waals surface area contributed by atoms with E-state index in [2.05, 4.69) is 5.32 Å². The van der Waals surface area contributed by atoms with E-state index < -0.39 is 23.8 Å². The molecule has 2 amide bonds. The van der Waals surface area contributed by atoms with Gasteiger partial charge in [0.05, 0.1) is 0 Å². The predicted molar refractivity (Wildman–Crippen MR) is 119 cm³/mol. The van der Waals surface area contributed by atoms with Crippen LogP contribution in [0.3, 0.4) is 0 Å². The predicted octanol–water partition coefficient (Wildman–Crippen LogP) is 3.02. The molecule has 0 radical (unpaired) electrons. The third kappa shape index (κ3) is 6.70. The number of hydrogen-bond donors (Lipinski definition) is 2. The molecule has 1 atom stereocenters. The SMILES string of the molecule is CC(=O)Oc1ccc(C(=O)N[C@@H](Cc2cccc(OCc3ccccc3)c2)C(N)=O)cc1. The number of hydrogen-bond acceptors (Lipinski definition) is 5. The first-order valence-corrected chi connectivity index (χ1v) is 10.0. The lowest BCUT2D eigenvalue weighted by atomic mass is 10.0. The highest BCUT2D eigenvalue weighted by Gasteiger charge is 2.20. The number of ether oxygens (including phenoxy) is 2. The maximum atomic E-state index is 12.6. The Balaban J connectivity index is 1.63. The second kappa shape index (κ2) is 10.8. The van der Waals surface area contributed by atoms with Gasteiger partial charge in [-0.15, -0.1) is 0 Å². The van der Waals surface area contributed by atoms with Gasteiger partial charge in [0.1, 0.15) is 24.1 Å². The molecule has 7 heteroatoms. The molecule has 164 valence electrons. The number of amides is 2. The van der Waals surface area contributed by atoms with Crippen LogP contribution in [0.2, 0.25) is 0 Å². The fourth-order valence-electron chi connectivity index (χ4n) is 3.04. The summed E-state index contributed by atoms with van der Waals surface area (Å²) in [5.41, 5.74) is 7.67. The van der Waals surface area contributed by atoms with Crippen LogP contribution in [-0.4, -0.2) is 23.8 Å². The molecule has 0 aliphatic heterocycles. The van der Waals surface area contributed by atoms with Crippen LogP contribution < -0.4 is 20.5 Å². The fraction of sp³-hybridized carbons (Fsp3) is 0.160. The lowest BCUT2D eigenvalue weighted by molar-refractivity contribution is -0.131. The first kappa shape index (κ1) is 22.6. The van der Waals surface area contributed by atoms with Gasteiger partial charge in [-0.2, -0.15) is 0 Å². The van der Waals surface area contributed by atoms with E-state index in [1.807, 2.05) is 54.6 Å². The van der Waals surface area contributed by atoms with Gasteiger partial charge in [-0.1, -0.05) is 42.5 Å². The zero-order chi connectivity index (χ0) is 22.9. The second-order valence-corrected chi connectivity index (χ2v) is 7.17. The summed E-state index contributed by atoms with van der Waals surface area (Å²) in [6.45, 7) is 1.71. The molecule has 0 bridgehead atoms. The summed E-state index contributed by atoms with van der Waals surface area (Å²) in [7, 11) is 0. The Morgan fingerprint density at radius 2 is 1.56 bits per heavy atom. The van der Waals surface area contributed by atoms with E-state index in [1.165, 1.54) is 31.2 Å². The van der Waals surface area contributed by atoms with Crippen molar-refractivity contribution in [2.75, 3.05) is 0 Å². The van der Waals surface area contributed by atoms with Crippen molar-refractivity contribution >= 4 is 17.8 Å². The molecular weight excluding hydrogens is 408 g/mol. The number of esters is 1. The molecule has 32 heavy (non-hydrogen) atoms. The summed E-state index contributed by atoms with van der Waals surface area (Å²) >= 11 is 0. The molecule has 0 unspecified atom stereocenters. The minimum atomic E-state index is -0.903. The molecule has 3 N–H and O–H groups in total. The zero-order valence-corrected chi connectivity index (χ0v) is 17.6. The highest BCUT2D eigenvalue weighted by atomic mass is 16.5. The van der Waals surface area contributed by atoms with Crippen molar-refractivity contribution in [3.8, 4) is 11.5 Å². The Kier molecular flexibility index (Phi) is 7.59. The van der Waals surface area contributed by atoms with E-state index >= 15 is 0 Å². The average Bonchev–Trinajstić information content (AvgIpc) is 2.78. The maximum absolute atomic E-state index is 12.6. The maximum Gasteiger partial charge on any atom is 0.308 e. The van der Waals surface area contributed by atoms with Gasteiger partial charge in [0.2, 0.25) is 5.91 Å². The van der Waals surface area contributed by atoms with E-state index in [9.17, 15) is 14.4 Å². The lowest BCUT2D eigenvalue weighted by Gasteiger charge is -2.16. The molecule has 3 aromatic carbocycles. The molecule has 0 spiro atoms. The Bertz CT molecular complexity index is 1080. The largest absolute Gasteiger partial charge is 0.489 e. The van der Waals surface area contributed by atoms with Crippen molar-refractivity contribution in [3.63, 3.8) is 0 Å². The van der Waals surface area contributed by atoms with Crippen molar-refractivity contribution in [2.24, 2.45) is 5.73 Å². The first-order chi connectivity index (χ1) is 15.4. The molecule has 0 aliphatic rings. The quantitative estimate of drug-likeness (QED) is 0.399. The molecule has 0 aromatic heterocycles. The normalized spacial score (nSPS) is 11.3. The molecular formula is C25H24N2O5. The van der Waals surface area contributed by atoms with Gasteiger partial charge < -0.3 is 20.5 Å². The number of rotatable bonds is 9. The van der Waals surface area contributed by atoms with Crippen LogP contribution in [0, 0.1) is 0 Å². The van der Waals surface area contributed by atoms with Gasteiger partial charge in [-0.25, -0.2) is 0 Å². The summed E-state index contributed by atoms with van der Waals surface area (Å²) in [6, 6.07) is 22.2. The van der Waals surface area contributed by atoms with Gasteiger partial charge in [-0.05, 0) is 47.5 Å². The van der Waals surface area contributed by atoms with E-state index in [-0.39, 0.29) is 6.42 Å². The monoisotopic (exact) mass is 432 g/mol. The standard InChI is InChI=1S/C25H24N2O5/c1-17(28)32-21-12-10-20(11-13-21)25(30)27-23(24(26)29)15-19-8-5-9-22(14-19)31-16-18-6-3-2-4-7-18/h2-14,23H,15-16H2,1H3,(H2,26,29)(H,27,30)/t23-/m0/s1. The number of nitrogens with two attached hydrogens (primary N) is 1. The van der Waals surface area contributed by atoms with Crippen molar-refractivity contribution in [1.29, 1.82) is 0 Å². The number of carbonyl (C=O) groups excluding carboxylic acids is 3. The Labute approximate surface area is 186 Å². The van der Waals surface area contributed by atoms with E-state index in [4.69, 9.17) is 15.2 Å². The van der Waals surface area contributed by atoms with Crippen molar-refractivity contribution < 1.29 is 23.9 Å². The zero-order valence-electron chi connectivity index (χ0n) is 17.6. The third-order valence-electron chi connectivity index (χ3n) is 4.61. The highest BCUT2D eigenvalue weighted by molar-refractivity contribution is 5.97. The molecule has 7 nitrogen and oxygen atoms in total. The summed E-state index contributed by atoms with van der Waals surface area (Å²) < 4.78 is 10.8. The fourth-order valence-corrected chi connectivity index (χ4v) is 3.04. The van der Waals surface area contributed by atoms with Gasteiger partial charge in [0.15, 0.2) is 0 Å². The van der Waals surface area contributed by atoms with Crippen LogP contribution in [0.1, 0.15) is 28.4 Å². The van der Waals surface area contributed by atoms with Crippen LogP contribution in [0.4, 0.5) is 0 Å². The van der Waals surface area contributed by atoms with Gasteiger partial charge in [0, 0.05) is 18.9 Å².